The number of piperidine rings is 2. The second-order valence-corrected chi connectivity index (χ2v) is 8.32. The minimum atomic E-state index is -0.247. The zero-order valence-electron chi connectivity index (χ0n) is 15.2. The Hall–Kier alpha value is -1.59. The first-order valence-corrected chi connectivity index (χ1v) is 9.49. The van der Waals surface area contributed by atoms with Crippen LogP contribution in [0.2, 0.25) is 0 Å². The van der Waals surface area contributed by atoms with E-state index in [1.807, 2.05) is 6.07 Å². The van der Waals surface area contributed by atoms with Crippen LogP contribution in [-0.4, -0.2) is 52.0 Å². The normalized spacial score (nSPS) is 39.1. The van der Waals surface area contributed by atoms with E-state index in [4.69, 9.17) is 0 Å². The molecule has 136 valence electrons. The lowest BCUT2D eigenvalue weighted by Crippen LogP contribution is -2.76. The minimum Gasteiger partial charge on any atom is -0.508 e. The van der Waals surface area contributed by atoms with E-state index in [1.165, 1.54) is 6.07 Å². The van der Waals surface area contributed by atoms with Crippen LogP contribution in [0, 0.1) is 10.8 Å². The average Bonchev–Trinajstić information content (AvgIpc) is 2.53. The Morgan fingerprint density at radius 3 is 1.96 bits per heavy atom. The smallest absolute Gasteiger partial charge is 0.150 e. The van der Waals surface area contributed by atoms with Crippen LogP contribution in [0.1, 0.15) is 51.3 Å². The van der Waals surface area contributed by atoms with E-state index in [2.05, 4.69) is 23.6 Å². The molecule has 4 fully saturated rings. The highest BCUT2D eigenvalue weighted by molar-refractivity contribution is 5.93. The van der Waals surface area contributed by atoms with E-state index in [1.54, 1.807) is 6.07 Å². The molecule has 0 aliphatic carbocycles. The minimum absolute atomic E-state index is 0.00339. The molecule has 0 spiro atoms. The molecule has 4 heterocycles. The summed E-state index contributed by atoms with van der Waals surface area (Å²) < 4.78 is 0. The van der Waals surface area contributed by atoms with Crippen molar-refractivity contribution in [2.45, 2.75) is 45.7 Å². The first-order valence-electron chi connectivity index (χ1n) is 9.49. The molecule has 5 heteroatoms. The van der Waals surface area contributed by atoms with Crippen LogP contribution in [0.3, 0.4) is 0 Å². The number of hydrogen-bond acceptors (Lipinski definition) is 5. The van der Waals surface area contributed by atoms with Gasteiger partial charge < -0.3 is 10.2 Å². The quantitative estimate of drug-likeness (QED) is 0.860. The van der Waals surface area contributed by atoms with Crippen LogP contribution in [0.15, 0.2) is 18.2 Å². The lowest BCUT2D eigenvalue weighted by Gasteiger charge is -2.66. The van der Waals surface area contributed by atoms with E-state index in [-0.39, 0.29) is 28.5 Å². The summed E-state index contributed by atoms with van der Waals surface area (Å²) in [6.45, 7) is 7.46. The van der Waals surface area contributed by atoms with Crippen LogP contribution in [-0.2, 0) is 4.79 Å². The van der Waals surface area contributed by atoms with Crippen molar-refractivity contribution < 1.29 is 15.0 Å². The van der Waals surface area contributed by atoms with Crippen molar-refractivity contribution >= 4 is 5.78 Å². The van der Waals surface area contributed by atoms with Crippen molar-refractivity contribution in [2.75, 3.05) is 26.2 Å². The molecule has 25 heavy (non-hydrogen) atoms. The molecule has 0 radical (unpaired) electrons. The third-order valence-electron chi connectivity index (χ3n) is 6.43. The summed E-state index contributed by atoms with van der Waals surface area (Å²) in [5.41, 5.74) is 0.342. The zero-order chi connectivity index (χ0) is 17.8. The summed E-state index contributed by atoms with van der Waals surface area (Å²) in [5, 5.41) is 20.0. The van der Waals surface area contributed by atoms with Gasteiger partial charge in [-0.3, -0.25) is 14.6 Å². The van der Waals surface area contributed by atoms with Gasteiger partial charge in [0.05, 0.1) is 17.0 Å². The second kappa shape index (κ2) is 5.71. The molecule has 0 atom stereocenters. The number of rotatable bonds is 5. The zero-order valence-corrected chi connectivity index (χ0v) is 15.2. The Kier molecular flexibility index (Phi) is 3.85. The molecule has 0 aromatic heterocycles. The molecule has 4 aliphatic rings. The van der Waals surface area contributed by atoms with Crippen LogP contribution in [0.25, 0.3) is 0 Å². The third kappa shape index (κ3) is 2.32. The van der Waals surface area contributed by atoms with E-state index in [9.17, 15) is 15.0 Å². The number of hydrogen-bond donors (Lipinski definition) is 2. The summed E-state index contributed by atoms with van der Waals surface area (Å²) >= 11 is 0. The van der Waals surface area contributed by atoms with Crippen LogP contribution >= 0.6 is 0 Å². The number of carbonyl (C=O) groups excluding carboxylic acids is 1. The summed E-state index contributed by atoms with van der Waals surface area (Å²) in [7, 11) is 0. The number of aromatic hydroxyl groups is 2. The predicted molar refractivity (Wildman–Crippen MR) is 95.3 cm³/mol. The average molecular weight is 344 g/mol. The molecule has 2 N–H and O–H groups in total. The van der Waals surface area contributed by atoms with Gasteiger partial charge in [-0.05, 0) is 25.0 Å². The van der Waals surface area contributed by atoms with Crippen molar-refractivity contribution in [1.82, 2.24) is 9.80 Å². The summed E-state index contributed by atoms with van der Waals surface area (Å²) in [4.78, 5) is 18.2. The van der Waals surface area contributed by atoms with Gasteiger partial charge in [-0.25, -0.2) is 0 Å². The lowest BCUT2D eigenvalue weighted by atomic mass is 9.57. The van der Waals surface area contributed by atoms with Crippen molar-refractivity contribution in [2.24, 2.45) is 10.8 Å². The van der Waals surface area contributed by atoms with Gasteiger partial charge in [0.15, 0.2) is 0 Å². The van der Waals surface area contributed by atoms with Gasteiger partial charge in [0, 0.05) is 37.8 Å². The highest BCUT2D eigenvalue weighted by Gasteiger charge is 2.64. The van der Waals surface area contributed by atoms with Gasteiger partial charge in [0.1, 0.15) is 17.3 Å². The Bertz CT molecular complexity index is 658. The monoisotopic (exact) mass is 344 g/mol. The molecule has 1 aromatic rings. The van der Waals surface area contributed by atoms with E-state index < -0.39 is 0 Å². The molecule has 0 saturated carbocycles. The first kappa shape index (κ1) is 16.9. The maximum atomic E-state index is 13.4. The van der Waals surface area contributed by atoms with E-state index in [0.29, 0.717) is 5.78 Å². The highest BCUT2D eigenvalue weighted by Crippen LogP contribution is 2.56. The fourth-order valence-electron chi connectivity index (χ4n) is 5.84. The molecule has 4 saturated heterocycles. The van der Waals surface area contributed by atoms with Crippen LogP contribution in [0.5, 0.6) is 11.5 Å². The highest BCUT2D eigenvalue weighted by atomic mass is 16.3. The van der Waals surface area contributed by atoms with Crippen LogP contribution < -0.4 is 0 Å². The molecule has 1 aromatic carbocycles. The molecular formula is C20H28N2O3. The molecule has 5 rings (SSSR count). The van der Waals surface area contributed by atoms with Gasteiger partial charge >= 0.3 is 0 Å². The Labute approximate surface area is 149 Å². The Balaban J connectivity index is 1.75. The number of Topliss-reactive ketones (excluding diaryl/α,β-unsaturated/α-hetero) is 1. The largest absolute Gasteiger partial charge is 0.508 e. The number of ketones is 1. The van der Waals surface area contributed by atoms with Crippen molar-refractivity contribution in [3.8, 4) is 11.5 Å². The second-order valence-electron chi connectivity index (χ2n) is 8.32. The van der Waals surface area contributed by atoms with Crippen molar-refractivity contribution in [3.63, 3.8) is 0 Å². The van der Waals surface area contributed by atoms with Gasteiger partial charge in [-0.2, -0.15) is 0 Å². The van der Waals surface area contributed by atoms with Crippen LogP contribution in [0.4, 0.5) is 0 Å². The van der Waals surface area contributed by atoms with E-state index in [0.717, 1.165) is 57.4 Å². The number of nitrogens with zero attached hydrogens (tertiary/aromatic N) is 2. The predicted octanol–water partition coefficient (Wildman–Crippen LogP) is 2.88. The lowest BCUT2D eigenvalue weighted by molar-refractivity contribution is -0.205. The standard InChI is InChI=1S/C20H28N2O3/c1-3-7-19-10-21-12-20(8-4-2,18(19)25)13-22(11-19)17(21)15-6-5-14(23)9-16(15)24/h5-6,9,17,23-24H,3-4,7-8,10-13H2,1-2H3. The molecule has 0 amide bonds. The maximum absolute atomic E-state index is 13.4. The van der Waals surface area contributed by atoms with Gasteiger partial charge in [-0.1, -0.05) is 26.7 Å². The molecule has 4 aliphatic heterocycles. The summed E-state index contributed by atoms with van der Waals surface area (Å²) in [6.07, 6.45) is 3.93. The van der Waals surface area contributed by atoms with Gasteiger partial charge in [-0.15, -0.1) is 0 Å². The number of phenols is 2. The Morgan fingerprint density at radius 2 is 1.52 bits per heavy atom. The fraction of sp³-hybridized carbons (Fsp3) is 0.650. The third-order valence-corrected chi connectivity index (χ3v) is 6.43. The van der Waals surface area contributed by atoms with Crippen molar-refractivity contribution in [3.05, 3.63) is 23.8 Å². The maximum Gasteiger partial charge on any atom is 0.150 e. The molecule has 4 bridgehead atoms. The van der Waals surface area contributed by atoms with E-state index >= 15 is 0 Å². The number of carbonyl (C=O) groups is 1. The van der Waals surface area contributed by atoms with Crippen molar-refractivity contribution in [1.29, 1.82) is 0 Å². The fourth-order valence-corrected chi connectivity index (χ4v) is 5.84. The summed E-state index contributed by atoms with van der Waals surface area (Å²) in [6, 6.07) is 4.87. The van der Waals surface area contributed by atoms with Gasteiger partial charge in [0.25, 0.3) is 0 Å². The molecule has 0 unspecified atom stereocenters. The SMILES string of the molecule is CCCC12CN3CC(CCC)(CN(C1)C3c1ccc(O)cc1O)C2=O. The molecule has 5 nitrogen and oxygen atoms in total. The topological polar surface area (TPSA) is 64.0 Å². The number of phenolic OH excluding ortho intramolecular Hbond substituents is 2. The summed E-state index contributed by atoms with van der Waals surface area (Å²) in [5.74, 6) is 0.706. The Morgan fingerprint density at radius 1 is 1.00 bits per heavy atom. The van der Waals surface area contributed by atoms with Gasteiger partial charge in [0.2, 0.25) is 0 Å². The number of benzene rings is 1. The first-order chi connectivity index (χ1) is 11.9. The molecular weight excluding hydrogens is 316 g/mol.